The van der Waals surface area contributed by atoms with Crippen LogP contribution in [0.4, 0.5) is 0 Å². The second-order valence-electron chi connectivity index (χ2n) is 6.08. The molecule has 24 heavy (non-hydrogen) atoms. The van der Waals surface area contributed by atoms with E-state index in [1.165, 1.54) is 23.0 Å². The van der Waals surface area contributed by atoms with Gasteiger partial charge in [0.05, 0.1) is 17.9 Å². The minimum atomic E-state index is -0.821. The number of carbonyl (C=O) groups is 3. The molecule has 0 bridgehead atoms. The lowest BCUT2D eigenvalue weighted by molar-refractivity contribution is -0.152. The summed E-state index contributed by atoms with van der Waals surface area (Å²) >= 11 is 1.63. The molecule has 1 aromatic rings. The standard InChI is InChI=1S/C17H15NO5S/c1-8-5-14(23-17(8)21)22-7-12-11-6-13-10(3-4-24-13)15(11)18(9(2)19)16(12)20/h3-5,7,11,14-15H,6H2,1-2H3. The zero-order valence-corrected chi connectivity index (χ0v) is 14.0. The molecule has 1 aliphatic carbocycles. The average Bonchev–Trinajstić information content (AvgIpc) is 3.21. The minimum absolute atomic E-state index is 0.106. The van der Waals surface area contributed by atoms with Crippen LogP contribution in [-0.2, 0) is 30.3 Å². The van der Waals surface area contributed by atoms with Crippen LogP contribution in [0.15, 0.2) is 34.9 Å². The Bertz CT molecular complexity index is 821. The van der Waals surface area contributed by atoms with Crippen LogP contribution in [0, 0.1) is 5.92 Å². The van der Waals surface area contributed by atoms with Crippen molar-refractivity contribution in [3.63, 3.8) is 0 Å². The summed E-state index contributed by atoms with van der Waals surface area (Å²) in [5.74, 6) is -1.15. The maximum atomic E-state index is 12.7. The van der Waals surface area contributed by atoms with Gasteiger partial charge in [-0.15, -0.1) is 11.3 Å². The van der Waals surface area contributed by atoms with Crippen molar-refractivity contribution in [2.24, 2.45) is 5.92 Å². The lowest BCUT2D eigenvalue weighted by Gasteiger charge is -2.20. The Balaban J connectivity index is 1.63. The first-order valence-electron chi connectivity index (χ1n) is 7.62. The number of fused-ring (bicyclic) bond motifs is 3. The molecule has 3 unspecified atom stereocenters. The summed E-state index contributed by atoms with van der Waals surface area (Å²) in [5, 5.41) is 1.98. The molecular weight excluding hydrogens is 330 g/mol. The van der Waals surface area contributed by atoms with Gasteiger partial charge in [0.15, 0.2) is 0 Å². The number of ether oxygens (including phenoxy) is 2. The topological polar surface area (TPSA) is 72.9 Å². The van der Waals surface area contributed by atoms with Gasteiger partial charge in [-0.3, -0.25) is 14.5 Å². The molecule has 3 atom stereocenters. The maximum absolute atomic E-state index is 12.7. The van der Waals surface area contributed by atoms with Gasteiger partial charge in [0.25, 0.3) is 12.2 Å². The van der Waals surface area contributed by atoms with E-state index in [0.29, 0.717) is 17.6 Å². The zero-order valence-electron chi connectivity index (χ0n) is 13.1. The number of amides is 2. The van der Waals surface area contributed by atoms with Crippen molar-refractivity contribution in [1.29, 1.82) is 0 Å². The third-order valence-corrected chi connectivity index (χ3v) is 5.59. The lowest BCUT2D eigenvalue weighted by atomic mass is 9.97. The Morgan fingerprint density at radius 1 is 1.46 bits per heavy atom. The molecular formula is C17H15NO5S. The van der Waals surface area contributed by atoms with E-state index in [0.717, 1.165) is 5.56 Å². The molecule has 0 aromatic carbocycles. The van der Waals surface area contributed by atoms with Crippen molar-refractivity contribution in [3.8, 4) is 0 Å². The first-order valence-corrected chi connectivity index (χ1v) is 8.50. The molecule has 2 amide bonds. The number of likely N-dealkylation sites (tertiary alicyclic amines) is 1. The number of esters is 1. The summed E-state index contributed by atoms with van der Waals surface area (Å²) in [6, 6.07) is 1.72. The van der Waals surface area contributed by atoms with E-state index < -0.39 is 12.3 Å². The van der Waals surface area contributed by atoms with Gasteiger partial charge in [-0.05, 0) is 30.4 Å². The van der Waals surface area contributed by atoms with Crippen molar-refractivity contribution in [2.75, 3.05) is 0 Å². The van der Waals surface area contributed by atoms with Crippen LogP contribution in [0.3, 0.4) is 0 Å². The summed E-state index contributed by atoms with van der Waals surface area (Å²) < 4.78 is 10.5. The highest BCUT2D eigenvalue weighted by atomic mass is 32.1. The number of imide groups is 1. The summed E-state index contributed by atoms with van der Waals surface area (Å²) in [6.45, 7) is 3.04. The number of carbonyl (C=O) groups excluding carboxylic acids is 3. The summed E-state index contributed by atoms with van der Waals surface area (Å²) in [7, 11) is 0. The van der Waals surface area contributed by atoms with Gasteiger partial charge < -0.3 is 9.47 Å². The van der Waals surface area contributed by atoms with Crippen LogP contribution in [0.25, 0.3) is 0 Å². The SMILES string of the molecule is CC(=O)N1C(=O)C(=COC2C=C(C)C(=O)O2)C2Cc3sccc3C21. The number of hydrogen-bond donors (Lipinski definition) is 0. The molecule has 7 heteroatoms. The van der Waals surface area contributed by atoms with Crippen molar-refractivity contribution >= 4 is 29.1 Å². The van der Waals surface area contributed by atoms with Crippen molar-refractivity contribution in [2.45, 2.75) is 32.6 Å². The van der Waals surface area contributed by atoms with E-state index in [2.05, 4.69) is 0 Å². The Kier molecular flexibility index (Phi) is 3.35. The first kappa shape index (κ1) is 15.1. The Morgan fingerprint density at radius 3 is 2.92 bits per heavy atom. The Morgan fingerprint density at radius 2 is 2.25 bits per heavy atom. The van der Waals surface area contributed by atoms with E-state index in [1.807, 2.05) is 11.4 Å². The Labute approximate surface area is 142 Å². The summed E-state index contributed by atoms with van der Waals surface area (Å²) in [6.07, 6.45) is 2.80. The van der Waals surface area contributed by atoms with Crippen LogP contribution >= 0.6 is 11.3 Å². The fourth-order valence-corrected chi connectivity index (χ4v) is 4.50. The fourth-order valence-electron chi connectivity index (χ4n) is 3.52. The van der Waals surface area contributed by atoms with Gasteiger partial charge in [-0.1, -0.05) is 0 Å². The highest BCUT2D eigenvalue weighted by Gasteiger charge is 2.51. The quantitative estimate of drug-likeness (QED) is 0.466. The zero-order chi connectivity index (χ0) is 17.0. The maximum Gasteiger partial charge on any atom is 0.336 e. The normalized spacial score (nSPS) is 29.6. The Hall–Kier alpha value is -2.41. The van der Waals surface area contributed by atoms with Crippen molar-refractivity contribution in [1.82, 2.24) is 4.90 Å². The molecule has 2 aliphatic heterocycles. The van der Waals surface area contributed by atoms with Crippen LogP contribution < -0.4 is 0 Å². The van der Waals surface area contributed by atoms with E-state index in [9.17, 15) is 14.4 Å². The third-order valence-electron chi connectivity index (χ3n) is 4.63. The van der Waals surface area contributed by atoms with Crippen LogP contribution in [-0.4, -0.2) is 29.0 Å². The van der Waals surface area contributed by atoms with Gasteiger partial charge in [-0.2, -0.15) is 0 Å². The molecule has 4 rings (SSSR count). The van der Waals surface area contributed by atoms with Crippen molar-refractivity contribution < 1.29 is 23.9 Å². The predicted molar refractivity (Wildman–Crippen MR) is 84.6 cm³/mol. The second kappa shape index (κ2) is 5.31. The number of thiophene rings is 1. The smallest absolute Gasteiger partial charge is 0.336 e. The average molecular weight is 345 g/mol. The number of nitrogens with zero attached hydrogens (tertiary/aromatic N) is 1. The minimum Gasteiger partial charge on any atom is -0.458 e. The van der Waals surface area contributed by atoms with Gasteiger partial charge in [-0.25, -0.2) is 4.79 Å². The molecule has 0 radical (unpaired) electrons. The molecule has 0 spiro atoms. The van der Waals surface area contributed by atoms with Crippen LogP contribution in [0.2, 0.25) is 0 Å². The molecule has 0 N–H and O–H groups in total. The largest absolute Gasteiger partial charge is 0.458 e. The van der Waals surface area contributed by atoms with Crippen LogP contribution in [0.1, 0.15) is 30.3 Å². The molecule has 1 saturated heterocycles. The molecule has 1 fully saturated rings. The number of cyclic esters (lactones) is 1. The predicted octanol–water partition coefficient (Wildman–Crippen LogP) is 2.08. The van der Waals surface area contributed by atoms with Gasteiger partial charge in [0.2, 0.25) is 5.91 Å². The van der Waals surface area contributed by atoms with Gasteiger partial charge in [0.1, 0.15) is 0 Å². The van der Waals surface area contributed by atoms with E-state index >= 15 is 0 Å². The summed E-state index contributed by atoms with van der Waals surface area (Å²) in [5.41, 5.74) is 1.97. The lowest BCUT2D eigenvalue weighted by Crippen LogP contribution is -2.32. The van der Waals surface area contributed by atoms with Gasteiger partial charge >= 0.3 is 5.97 Å². The highest BCUT2D eigenvalue weighted by Crippen LogP contribution is 2.51. The van der Waals surface area contributed by atoms with Crippen molar-refractivity contribution in [3.05, 3.63) is 45.4 Å². The van der Waals surface area contributed by atoms with E-state index in [-0.39, 0.29) is 23.8 Å². The molecule has 3 aliphatic rings. The molecule has 1 aromatic heterocycles. The first-order chi connectivity index (χ1) is 11.5. The van der Waals surface area contributed by atoms with E-state index in [4.69, 9.17) is 9.47 Å². The number of rotatable bonds is 2. The monoisotopic (exact) mass is 345 g/mol. The second-order valence-corrected chi connectivity index (χ2v) is 7.08. The molecule has 0 saturated carbocycles. The summed E-state index contributed by atoms with van der Waals surface area (Å²) in [4.78, 5) is 38.5. The number of hydrogen-bond acceptors (Lipinski definition) is 6. The van der Waals surface area contributed by atoms with E-state index in [1.54, 1.807) is 24.3 Å². The fraction of sp³-hybridized carbons (Fsp3) is 0.353. The molecule has 6 nitrogen and oxygen atoms in total. The van der Waals surface area contributed by atoms with Crippen LogP contribution in [0.5, 0.6) is 0 Å². The molecule has 124 valence electrons. The molecule has 3 heterocycles. The van der Waals surface area contributed by atoms with Gasteiger partial charge in [0, 0.05) is 29.4 Å². The third kappa shape index (κ3) is 2.11. The highest BCUT2D eigenvalue weighted by molar-refractivity contribution is 7.10.